The van der Waals surface area contributed by atoms with E-state index >= 15 is 0 Å². The van der Waals surface area contributed by atoms with E-state index in [0.717, 1.165) is 18.2 Å². The number of rotatable bonds is 3. The average Bonchev–Trinajstić information content (AvgIpc) is 3.51. The fourth-order valence-corrected chi connectivity index (χ4v) is 7.43. The van der Waals surface area contributed by atoms with Gasteiger partial charge in [0, 0.05) is 6.42 Å². The minimum absolute atomic E-state index is 0.0225. The van der Waals surface area contributed by atoms with Crippen LogP contribution in [0.3, 0.4) is 0 Å². The molecule has 0 aromatic heterocycles. The molecule has 216 valence electrons. The van der Waals surface area contributed by atoms with Crippen molar-refractivity contribution in [3.05, 3.63) is 65.7 Å². The molecular weight excluding hydrogens is 547 g/mol. The van der Waals surface area contributed by atoms with E-state index in [0.29, 0.717) is 4.90 Å². The van der Waals surface area contributed by atoms with Gasteiger partial charge in [0.1, 0.15) is 16.9 Å². The molecule has 1 N–H and O–H groups in total. The number of ether oxygens (including phenoxy) is 3. The van der Waals surface area contributed by atoms with Crippen LogP contribution in [0.1, 0.15) is 49.5 Å². The van der Waals surface area contributed by atoms with Crippen molar-refractivity contribution in [1.82, 2.24) is 0 Å². The highest BCUT2D eigenvalue weighted by Gasteiger charge is 2.94. The van der Waals surface area contributed by atoms with Crippen molar-refractivity contribution in [1.29, 1.82) is 0 Å². The first-order valence-corrected chi connectivity index (χ1v) is 13.0. The van der Waals surface area contributed by atoms with E-state index in [2.05, 4.69) is 0 Å². The second kappa shape index (κ2) is 8.31. The van der Waals surface area contributed by atoms with Crippen LogP contribution in [0.2, 0.25) is 0 Å². The number of aliphatic hydroxyl groups is 1. The molecule has 4 aliphatic rings. The molecule has 12 heteroatoms. The van der Waals surface area contributed by atoms with Gasteiger partial charge in [-0.05, 0) is 29.7 Å². The van der Waals surface area contributed by atoms with Gasteiger partial charge in [-0.25, -0.2) is 4.79 Å². The summed E-state index contributed by atoms with van der Waals surface area (Å²) in [6, 6.07) is 11.8. The monoisotopic (exact) mass is 573 g/mol. The van der Waals surface area contributed by atoms with Crippen molar-refractivity contribution >= 4 is 29.5 Å². The summed E-state index contributed by atoms with van der Waals surface area (Å²) in [5, 5.41) is 12.6. The van der Waals surface area contributed by atoms with E-state index in [9.17, 15) is 37.5 Å². The molecule has 4 fully saturated rings. The van der Waals surface area contributed by atoms with Crippen LogP contribution < -0.4 is 4.90 Å². The second-order valence-corrected chi connectivity index (χ2v) is 11.9. The lowest BCUT2D eigenvalue weighted by Crippen LogP contribution is -2.66. The van der Waals surface area contributed by atoms with Crippen LogP contribution in [0.25, 0.3) is 0 Å². The van der Waals surface area contributed by atoms with E-state index in [-0.39, 0.29) is 12.0 Å². The summed E-state index contributed by atoms with van der Waals surface area (Å²) in [6.07, 6.45) is -11.0. The summed E-state index contributed by atoms with van der Waals surface area (Å²) in [7, 11) is 0. The molecule has 1 amide bonds. The number of carbonyl (C=O) groups is 4. The van der Waals surface area contributed by atoms with Crippen molar-refractivity contribution in [2.75, 3.05) is 4.90 Å². The van der Waals surface area contributed by atoms with Crippen molar-refractivity contribution in [2.24, 2.45) is 16.2 Å². The largest absolute Gasteiger partial charge is 0.461 e. The number of nitrogens with zero attached hydrogens (tertiary/aromatic N) is 1. The number of benzene rings is 2. The Kier molecular flexibility index (Phi) is 5.52. The van der Waals surface area contributed by atoms with E-state index in [4.69, 9.17) is 14.2 Å². The van der Waals surface area contributed by atoms with Gasteiger partial charge in [0.15, 0.2) is 12.3 Å². The van der Waals surface area contributed by atoms with Crippen LogP contribution in [-0.2, 0) is 34.8 Å². The van der Waals surface area contributed by atoms with Crippen molar-refractivity contribution in [3.63, 3.8) is 0 Å². The average molecular weight is 574 g/mol. The normalized spacial score (nSPS) is 34.2. The predicted octanol–water partition coefficient (Wildman–Crippen LogP) is 3.63. The third kappa shape index (κ3) is 3.22. The third-order valence-electron chi connectivity index (χ3n) is 9.18. The number of esters is 3. The lowest BCUT2D eigenvalue weighted by molar-refractivity contribution is -0.204. The predicted molar refractivity (Wildman–Crippen MR) is 133 cm³/mol. The van der Waals surface area contributed by atoms with Gasteiger partial charge >= 0.3 is 24.1 Å². The van der Waals surface area contributed by atoms with Crippen LogP contribution in [-0.4, -0.2) is 53.0 Å². The van der Waals surface area contributed by atoms with E-state index in [1.807, 2.05) is 0 Å². The molecule has 1 saturated carbocycles. The Morgan fingerprint density at radius 3 is 2.27 bits per heavy atom. The fraction of sp³-hybridized carbons (Fsp3) is 0.448. The van der Waals surface area contributed by atoms with Gasteiger partial charge in [-0.2, -0.15) is 13.2 Å². The molecule has 2 aromatic carbocycles. The smallest absolute Gasteiger partial charge is 0.418 e. The number of para-hydroxylation sites is 1. The van der Waals surface area contributed by atoms with E-state index in [1.54, 1.807) is 39.0 Å². The topological polar surface area (TPSA) is 119 Å². The zero-order valence-electron chi connectivity index (χ0n) is 22.2. The van der Waals surface area contributed by atoms with Gasteiger partial charge in [-0.3, -0.25) is 19.3 Å². The van der Waals surface area contributed by atoms with Crippen molar-refractivity contribution in [2.45, 2.75) is 63.8 Å². The summed E-state index contributed by atoms with van der Waals surface area (Å²) in [5.74, 6) is -3.98. The number of amides is 1. The molecule has 2 spiro atoms. The first kappa shape index (κ1) is 27.3. The van der Waals surface area contributed by atoms with Gasteiger partial charge < -0.3 is 19.3 Å². The third-order valence-corrected chi connectivity index (χ3v) is 9.18. The minimum atomic E-state index is -4.92. The molecule has 41 heavy (non-hydrogen) atoms. The molecule has 3 aliphatic heterocycles. The first-order valence-electron chi connectivity index (χ1n) is 13.0. The number of anilines is 1. The SMILES string of the molecule is CC(C)(C)[C@]1(O)C[C@@H]2OC(=O)C[C@@]23C(=O)O[C@@H]2N(c4ccccc4C(F)(F)F)C(=O)[C@H](OC(=O)c4ccccc4)[C@]213. The zero-order chi connectivity index (χ0) is 29.8. The summed E-state index contributed by atoms with van der Waals surface area (Å²) < 4.78 is 59.6. The van der Waals surface area contributed by atoms with Crippen LogP contribution in [0.5, 0.6) is 0 Å². The molecule has 0 radical (unpaired) electrons. The number of hydrogen-bond donors (Lipinski definition) is 1. The van der Waals surface area contributed by atoms with Crippen LogP contribution >= 0.6 is 0 Å². The first-order chi connectivity index (χ1) is 19.1. The Morgan fingerprint density at radius 2 is 1.63 bits per heavy atom. The van der Waals surface area contributed by atoms with Gasteiger partial charge in [-0.15, -0.1) is 0 Å². The Hall–Kier alpha value is -3.93. The number of carbonyl (C=O) groups excluding carboxylic acids is 4. The van der Waals surface area contributed by atoms with Crippen molar-refractivity contribution < 1.29 is 51.7 Å². The molecule has 1 aliphatic carbocycles. The van der Waals surface area contributed by atoms with Crippen molar-refractivity contribution in [3.8, 4) is 0 Å². The summed E-state index contributed by atoms with van der Waals surface area (Å²) >= 11 is 0. The maximum Gasteiger partial charge on any atom is 0.418 e. The highest BCUT2D eigenvalue weighted by Crippen LogP contribution is 2.76. The summed E-state index contributed by atoms with van der Waals surface area (Å²) in [4.78, 5) is 54.9. The summed E-state index contributed by atoms with van der Waals surface area (Å²) in [5.41, 5.74) is -9.36. The van der Waals surface area contributed by atoms with Crippen LogP contribution in [0, 0.1) is 16.2 Å². The Bertz CT molecular complexity index is 1490. The molecule has 0 unspecified atom stereocenters. The highest BCUT2D eigenvalue weighted by molar-refractivity contribution is 6.07. The molecule has 9 nitrogen and oxygen atoms in total. The molecule has 6 rings (SSSR count). The van der Waals surface area contributed by atoms with E-state index in [1.165, 1.54) is 18.2 Å². The highest BCUT2D eigenvalue weighted by atomic mass is 19.4. The second-order valence-electron chi connectivity index (χ2n) is 11.9. The molecule has 2 aromatic rings. The molecule has 3 saturated heterocycles. The van der Waals surface area contributed by atoms with Crippen LogP contribution in [0.4, 0.5) is 18.9 Å². The van der Waals surface area contributed by atoms with E-state index < -0.39 is 87.9 Å². The van der Waals surface area contributed by atoms with Gasteiger partial charge in [-0.1, -0.05) is 51.1 Å². The summed E-state index contributed by atoms with van der Waals surface area (Å²) in [6.45, 7) is 4.85. The molecule has 6 atom stereocenters. The number of halogens is 3. The maximum atomic E-state index is 14.3. The molecular formula is C29H26F3NO8. The van der Waals surface area contributed by atoms with Gasteiger partial charge in [0.25, 0.3) is 5.91 Å². The standard InChI is InChI=1S/C29H26F3NO8/c1-25(2,3)27(38)13-18-26(14-19(34)39-18)24(37)41-23-28(26,27)20(40-22(36)15-9-5-4-6-10-15)21(35)33(23)17-12-8-7-11-16(17)29(30,31)32/h4-12,18,20,23,38H,13-14H2,1-3H3/t18-,20-,23-,26-,27+,28+/m0/s1. The Labute approximate surface area is 232 Å². The minimum Gasteiger partial charge on any atom is -0.461 e. The van der Waals surface area contributed by atoms with Gasteiger partial charge in [0.05, 0.1) is 28.8 Å². The zero-order valence-corrected chi connectivity index (χ0v) is 22.2. The molecule has 0 bridgehead atoms. The Morgan fingerprint density at radius 1 is 1.00 bits per heavy atom. The fourth-order valence-electron chi connectivity index (χ4n) is 7.43. The number of hydrogen-bond acceptors (Lipinski definition) is 8. The van der Waals surface area contributed by atoms with Crippen LogP contribution in [0.15, 0.2) is 54.6 Å². The Balaban J connectivity index is 1.65. The lowest BCUT2D eigenvalue weighted by Gasteiger charge is -2.51. The number of alkyl halides is 3. The van der Waals surface area contributed by atoms with Gasteiger partial charge in [0.2, 0.25) is 0 Å². The molecule has 3 heterocycles. The lowest BCUT2D eigenvalue weighted by atomic mass is 9.52. The quantitative estimate of drug-likeness (QED) is 0.437. The maximum absolute atomic E-state index is 14.3.